The van der Waals surface area contributed by atoms with Crippen LogP contribution in [0.25, 0.3) is 22.3 Å². The second-order valence-corrected chi connectivity index (χ2v) is 8.39. The van der Waals surface area contributed by atoms with Crippen molar-refractivity contribution in [1.29, 1.82) is 0 Å². The minimum Gasteiger partial charge on any atom is -0.462 e. The Morgan fingerprint density at radius 3 is 2.24 bits per heavy atom. The second kappa shape index (κ2) is 11.6. The largest absolute Gasteiger partial charge is 0.462 e. The molecule has 172 valence electrons. The maximum Gasteiger partial charge on any atom is 0.333 e. The first-order valence-corrected chi connectivity index (χ1v) is 11.3. The van der Waals surface area contributed by atoms with Crippen molar-refractivity contribution < 1.29 is 19.0 Å². The van der Waals surface area contributed by atoms with Gasteiger partial charge in [-0.05, 0) is 79.0 Å². The molecule has 0 unspecified atom stereocenters. The monoisotopic (exact) mass is 446 g/mol. The molecule has 0 bridgehead atoms. The Kier molecular flexibility index (Phi) is 8.56. The summed E-state index contributed by atoms with van der Waals surface area (Å²) in [7, 11) is 0. The van der Waals surface area contributed by atoms with Crippen LogP contribution in [0.15, 0.2) is 72.8 Å². The molecule has 0 aliphatic heterocycles. The molecule has 0 aliphatic rings. The summed E-state index contributed by atoms with van der Waals surface area (Å²) in [6, 6.07) is 19.5. The molecular formula is C29H31FO3. The first-order chi connectivity index (χ1) is 15.9. The molecular weight excluding hydrogens is 415 g/mol. The van der Waals surface area contributed by atoms with E-state index >= 15 is 0 Å². The quantitative estimate of drug-likeness (QED) is 0.221. The number of esters is 1. The minimum absolute atomic E-state index is 0.147. The lowest BCUT2D eigenvalue weighted by molar-refractivity contribution is -0.139. The fourth-order valence-corrected chi connectivity index (χ4v) is 3.80. The predicted molar refractivity (Wildman–Crippen MR) is 132 cm³/mol. The highest BCUT2D eigenvalue weighted by atomic mass is 19.1. The van der Waals surface area contributed by atoms with Gasteiger partial charge in [-0.3, -0.25) is 0 Å². The molecule has 0 atom stereocenters. The van der Waals surface area contributed by atoms with Crippen LogP contribution in [0.2, 0.25) is 0 Å². The fraction of sp³-hybridized carbons (Fsp3) is 0.276. The van der Waals surface area contributed by atoms with Crippen LogP contribution in [-0.4, -0.2) is 24.3 Å². The molecule has 0 saturated carbocycles. The van der Waals surface area contributed by atoms with Gasteiger partial charge in [-0.25, -0.2) is 9.18 Å². The van der Waals surface area contributed by atoms with Gasteiger partial charge in [0.2, 0.25) is 0 Å². The normalized spacial score (nSPS) is 10.8. The van der Waals surface area contributed by atoms with E-state index in [1.54, 1.807) is 13.0 Å². The zero-order valence-corrected chi connectivity index (χ0v) is 19.4. The summed E-state index contributed by atoms with van der Waals surface area (Å²) in [6.07, 6.45) is 2.97. The predicted octanol–water partition coefficient (Wildman–Crippen LogP) is 6.44. The van der Waals surface area contributed by atoms with Gasteiger partial charge < -0.3 is 9.84 Å². The van der Waals surface area contributed by atoms with Crippen LogP contribution in [0, 0.1) is 12.7 Å². The Hall–Kier alpha value is -3.24. The number of hydrogen-bond donors (Lipinski definition) is 1. The van der Waals surface area contributed by atoms with Gasteiger partial charge in [0.25, 0.3) is 0 Å². The van der Waals surface area contributed by atoms with Crippen molar-refractivity contribution in [2.45, 2.75) is 39.5 Å². The molecule has 0 fully saturated rings. The zero-order valence-electron chi connectivity index (χ0n) is 19.4. The van der Waals surface area contributed by atoms with Crippen molar-refractivity contribution in [2.75, 3.05) is 13.2 Å². The molecule has 1 N–H and O–H groups in total. The topological polar surface area (TPSA) is 46.5 Å². The number of hydrogen-bond acceptors (Lipinski definition) is 3. The highest BCUT2D eigenvalue weighted by Gasteiger charge is 2.09. The van der Waals surface area contributed by atoms with Crippen molar-refractivity contribution in [2.24, 2.45) is 0 Å². The number of aryl methyl sites for hydroxylation is 3. The van der Waals surface area contributed by atoms with Gasteiger partial charge in [0.15, 0.2) is 0 Å². The van der Waals surface area contributed by atoms with E-state index in [-0.39, 0.29) is 18.4 Å². The first kappa shape index (κ1) is 24.4. The van der Waals surface area contributed by atoms with Crippen LogP contribution in [0.4, 0.5) is 4.39 Å². The molecule has 3 rings (SSSR count). The second-order valence-electron chi connectivity index (χ2n) is 8.39. The SMILES string of the molecule is C=C(C)C(=O)OCCCc1cc(-c2ccc(-c3ccc(C)cc3F)cc2)ccc1CCCO. The Morgan fingerprint density at radius 2 is 1.58 bits per heavy atom. The number of aliphatic hydroxyl groups excluding tert-OH is 1. The van der Waals surface area contributed by atoms with Crippen molar-refractivity contribution in [3.05, 3.63) is 95.3 Å². The molecule has 0 amide bonds. The lowest BCUT2D eigenvalue weighted by Gasteiger charge is -2.13. The summed E-state index contributed by atoms with van der Waals surface area (Å²) in [5, 5.41) is 9.24. The van der Waals surface area contributed by atoms with E-state index in [1.807, 2.05) is 43.3 Å². The van der Waals surface area contributed by atoms with Gasteiger partial charge >= 0.3 is 5.97 Å². The minimum atomic E-state index is -0.366. The van der Waals surface area contributed by atoms with Crippen molar-refractivity contribution >= 4 is 5.97 Å². The van der Waals surface area contributed by atoms with E-state index in [1.165, 1.54) is 11.1 Å². The third-order valence-electron chi connectivity index (χ3n) is 5.64. The number of carbonyl (C=O) groups excluding carboxylic acids is 1. The standard InChI is InChI=1S/C29H31FO3/c1-20(2)29(32)33-17-5-7-25-19-26(14-11-22(25)6-4-16-31)23-9-12-24(13-10-23)27-15-8-21(3)18-28(27)30/h8-15,18-19,31H,1,4-7,16-17H2,2-3H3. The van der Waals surface area contributed by atoms with Crippen molar-refractivity contribution in [3.8, 4) is 22.3 Å². The van der Waals surface area contributed by atoms with Crippen LogP contribution in [0.3, 0.4) is 0 Å². The number of rotatable bonds is 10. The van der Waals surface area contributed by atoms with Crippen LogP contribution < -0.4 is 0 Å². The Labute approximate surface area is 195 Å². The molecule has 3 aromatic carbocycles. The lowest BCUT2D eigenvalue weighted by atomic mass is 9.93. The first-order valence-electron chi connectivity index (χ1n) is 11.3. The zero-order chi connectivity index (χ0) is 23.8. The molecule has 3 nitrogen and oxygen atoms in total. The molecule has 0 spiro atoms. The van der Waals surface area contributed by atoms with E-state index < -0.39 is 0 Å². The molecule has 0 aliphatic carbocycles. The van der Waals surface area contributed by atoms with E-state index in [0.717, 1.165) is 35.1 Å². The third kappa shape index (κ3) is 6.62. The van der Waals surface area contributed by atoms with Gasteiger partial charge in [-0.2, -0.15) is 0 Å². The van der Waals surface area contributed by atoms with Gasteiger partial charge in [-0.1, -0.05) is 61.2 Å². The smallest absolute Gasteiger partial charge is 0.333 e. The fourth-order valence-electron chi connectivity index (χ4n) is 3.80. The Balaban J connectivity index is 1.78. The molecule has 4 heteroatoms. The van der Waals surface area contributed by atoms with E-state index in [0.29, 0.717) is 30.6 Å². The van der Waals surface area contributed by atoms with Crippen LogP contribution in [-0.2, 0) is 22.4 Å². The number of halogens is 1. The maximum atomic E-state index is 14.3. The molecule has 0 heterocycles. The van der Waals surface area contributed by atoms with Crippen molar-refractivity contribution in [3.63, 3.8) is 0 Å². The van der Waals surface area contributed by atoms with Gasteiger partial charge in [-0.15, -0.1) is 0 Å². The highest BCUT2D eigenvalue weighted by Crippen LogP contribution is 2.29. The van der Waals surface area contributed by atoms with Gasteiger partial charge in [0.05, 0.1) is 6.61 Å². The lowest BCUT2D eigenvalue weighted by Crippen LogP contribution is -2.07. The van der Waals surface area contributed by atoms with Crippen LogP contribution in [0.1, 0.15) is 36.5 Å². The summed E-state index contributed by atoms with van der Waals surface area (Å²) in [6.45, 7) is 7.60. The average molecular weight is 447 g/mol. The Bertz CT molecular complexity index is 1120. The summed E-state index contributed by atoms with van der Waals surface area (Å²) < 4.78 is 19.6. The number of carbonyl (C=O) groups is 1. The Morgan fingerprint density at radius 1 is 0.909 bits per heavy atom. The molecule has 3 aromatic rings. The van der Waals surface area contributed by atoms with E-state index in [9.17, 15) is 14.3 Å². The maximum absolute atomic E-state index is 14.3. The molecule has 33 heavy (non-hydrogen) atoms. The number of benzene rings is 3. The van der Waals surface area contributed by atoms with Crippen LogP contribution >= 0.6 is 0 Å². The third-order valence-corrected chi connectivity index (χ3v) is 5.64. The van der Waals surface area contributed by atoms with E-state index in [2.05, 4.69) is 24.8 Å². The molecule has 0 saturated heterocycles. The van der Waals surface area contributed by atoms with Crippen molar-refractivity contribution in [1.82, 2.24) is 0 Å². The average Bonchev–Trinajstić information content (AvgIpc) is 2.81. The summed E-state index contributed by atoms with van der Waals surface area (Å²) >= 11 is 0. The number of aliphatic hydroxyl groups is 1. The summed E-state index contributed by atoms with van der Waals surface area (Å²) in [5.74, 6) is -0.583. The molecule has 0 aromatic heterocycles. The summed E-state index contributed by atoms with van der Waals surface area (Å²) in [4.78, 5) is 11.6. The highest BCUT2D eigenvalue weighted by molar-refractivity contribution is 5.86. The number of ether oxygens (including phenoxy) is 1. The van der Waals surface area contributed by atoms with Gasteiger partial charge in [0, 0.05) is 17.7 Å². The van der Waals surface area contributed by atoms with E-state index in [4.69, 9.17) is 4.74 Å². The molecule has 0 radical (unpaired) electrons. The van der Waals surface area contributed by atoms with Gasteiger partial charge in [0.1, 0.15) is 5.82 Å². The van der Waals surface area contributed by atoms with Crippen LogP contribution in [0.5, 0.6) is 0 Å². The summed E-state index contributed by atoms with van der Waals surface area (Å²) in [5.41, 5.74) is 7.23.